The summed E-state index contributed by atoms with van der Waals surface area (Å²) < 4.78 is 5.75. The summed E-state index contributed by atoms with van der Waals surface area (Å²) in [6.45, 7) is 2.83. The Morgan fingerprint density at radius 1 is 0.905 bits per heavy atom. The second-order valence-electron chi connectivity index (χ2n) is 5.80. The van der Waals surface area contributed by atoms with Crippen LogP contribution in [0.3, 0.4) is 0 Å². The molecule has 2 nitrogen and oxygen atoms in total. The Labute approximate surface area is 127 Å². The number of benzene rings is 2. The summed E-state index contributed by atoms with van der Waals surface area (Å²) in [7, 11) is 0. The summed E-state index contributed by atoms with van der Waals surface area (Å²) in [6, 6.07) is 19.0. The van der Waals surface area contributed by atoms with Crippen LogP contribution in [0.2, 0.25) is 0 Å². The first-order valence-electron chi connectivity index (χ1n) is 7.86. The molecule has 3 rings (SSSR count). The van der Waals surface area contributed by atoms with Crippen LogP contribution in [0.25, 0.3) is 0 Å². The van der Waals surface area contributed by atoms with Gasteiger partial charge in [-0.3, -0.25) is 0 Å². The lowest BCUT2D eigenvalue weighted by atomic mass is 10.1. The van der Waals surface area contributed by atoms with E-state index in [0.29, 0.717) is 0 Å². The molecule has 0 amide bonds. The zero-order chi connectivity index (χ0) is 14.3. The Balaban J connectivity index is 1.40. The molecule has 0 aliphatic heterocycles. The van der Waals surface area contributed by atoms with E-state index < -0.39 is 0 Å². The Bertz CT molecular complexity index is 531. The van der Waals surface area contributed by atoms with Gasteiger partial charge in [0.25, 0.3) is 0 Å². The summed E-state index contributed by atoms with van der Waals surface area (Å²) in [5, 5.41) is 3.44. The van der Waals surface area contributed by atoms with Crippen molar-refractivity contribution in [1.29, 1.82) is 0 Å². The second kappa shape index (κ2) is 7.28. The zero-order valence-corrected chi connectivity index (χ0v) is 12.4. The minimum absolute atomic E-state index is 0.741. The van der Waals surface area contributed by atoms with Crippen molar-refractivity contribution in [3.8, 4) is 5.75 Å². The molecule has 1 aliphatic rings. The third-order valence-electron chi connectivity index (χ3n) is 3.85. The molecule has 1 N–H and O–H groups in total. The SMILES string of the molecule is c1ccc(Cc2ccc(OCCNCC3CC3)cc2)cc1. The zero-order valence-electron chi connectivity index (χ0n) is 12.4. The lowest BCUT2D eigenvalue weighted by Crippen LogP contribution is -2.23. The first-order chi connectivity index (χ1) is 10.4. The first-order valence-corrected chi connectivity index (χ1v) is 7.86. The predicted molar refractivity (Wildman–Crippen MR) is 86.8 cm³/mol. The molecule has 0 heterocycles. The van der Waals surface area contributed by atoms with Crippen molar-refractivity contribution in [1.82, 2.24) is 5.32 Å². The van der Waals surface area contributed by atoms with Gasteiger partial charge in [0.15, 0.2) is 0 Å². The number of ether oxygens (including phenoxy) is 1. The van der Waals surface area contributed by atoms with E-state index in [-0.39, 0.29) is 0 Å². The van der Waals surface area contributed by atoms with Crippen molar-refractivity contribution in [3.05, 3.63) is 65.7 Å². The molecule has 0 aromatic heterocycles. The molecule has 2 heteroatoms. The minimum atomic E-state index is 0.741. The van der Waals surface area contributed by atoms with Gasteiger partial charge in [-0.05, 0) is 55.0 Å². The van der Waals surface area contributed by atoms with Gasteiger partial charge in [-0.1, -0.05) is 42.5 Å². The van der Waals surface area contributed by atoms with Gasteiger partial charge >= 0.3 is 0 Å². The van der Waals surface area contributed by atoms with E-state index in [1.807, 2.05) is 0 Å². The molecule has 2 aromatic carbocycles. The highest BCUT2D eigenvalue weighted by Gasteiger charge is 2.19. The van der Waals surface area contributed by atoms with Gasteiger partial charge in [-0.15, -0.1) is 0 Å². The fraction of sp³-hybridized carbons (Fsp3) is 0.368. The Morgan fingerprint density at radius 3 is 2.33 bits per heavy atom. The van der Waals surface area contributed by atoms with Crippen molar-refractivity contribution in [2.24, 2.45) is 5.92 Å². The lowest BCUT2D eigenvalue weighted by Gasteiger charge is -2.08. The van der Waals surface area contributed by atoms with Crippen LogP contribution in [0.4, 0.5) is 0 Å². The second-order valence-corrected chi connectivity index (χ2v) is 5.80. The third-order valence-corrected chi connectivity index (χ3v) is 3.85. The van der Waals surface area contributed by atoms with E-state index in [1.54, 1.807) is 0 Å². The van der Waals surface area contributed by atoms with Crippen molar-refractivity contribution in [2.75, 3.05) is 19.7 Å². The van der Waals surface area contributed by atoms with Gasteiger partial charge < -0.3 is 10.1 Å². The summed E-state index contributed by atoms with van der Waals surface area (Å²) in [5.41, 5.74) is 2.66. The third kappa shape index (κ3) is 4.91. The quantitative estimate of drug-likeness (QED) is 0.746. The number of nitrogens with one attached hydrogen (secondary N) is 1. The van der Waals surface area contributed by atoms with Crippen LogP contribution in [0.5, 0.6) is 5.75 Å². The molecule has 0 unspecified atom stereocenters. The van der Waals surface area contributed by atoms with Crippen molar-refractivity contribution in [3.63, 3.8) is 0 Å². The van der Waals surface area contributed by atoms with E-state index in [0.717, 1.165) is 37.8 Å². The lowest BCUT2D eigenvalue weighted by molar-refractivity contribution is 0.313. The Morgan fingerprint density at radius 2 is 1.62 bits per heavy atom. The molecule has 2 aromatic rings. The van der Waals surface area contributed by atoms with E-state index >= 15 is 0 Å². The summed E-state index contributed by atoms with van der Waals surface area (Å²) in [6.07, 6.45) is 3.78. The predicted octanol–water partition coefficient (Wildman–Crippen LogP) is 3.66. The molecule has 0 spiro atoms. The highest BCUT2D eigenvalue weighted by molar-refractivity contribution is 5.31. The highest BCUT2D eigenvalue weighted by atomic mass is 16.5. The van der Waals surface area contributed by atoms with Crippen LogP contribution in [0.1, 0.15) is 24.0 Å². The van der Waals surface area contributed by atoms with Crippen molar-refractivity contribution < 1.29 is 4.74 Å². The largest absolute Gasteiger partial charge is 0.492 e. The molecule has 1 aliphatic carbocycles. The van der Waals surface area contributed by atoms with Crippen LogP contribution in [-0.2, 0) is 6.42 Å². The molecule has 21 heavy (non-hydrogen) atoms. The Kier molecular flexibility index (Phi) is 4.90. The maximum absolute atomic E-state index is 5.75. The Hall–Kier alpha value is -1.80. The molecule has 0 radical (unpaired) electrons. The number of hydrogen-bond acceptors (Lipinski definition) is 2. The van der Waals surface area contributed by atoms with E-state index in [2.05, 4.69) is 59.9 Å². The van der Waals surface area contributed by atoms with Gasteiger partial charge in [0, 0.05) is 6.54 Å². The average molecular weight is 281 g/mol. The maximum atomic E-state index is 5.75. The van der Waals surface area contributed by atoms with E-state index in [9.17, 15) is 0 Å². The summed E-state index contributed by atoms with van der Waals surface area (Å²) >= 11 is 0. The van der Waals surface area contributed by atoms with Crippen LogP contribution < -0.4 is 10.1 Å². The fourth-order valence-corrected chi connectivity index (χ4v) is 2.40. The molecule has 0 bridgehead atoms. The number of rotatable bonds is 8. The molecule has 0 saturated heterocycles. The van der Waals surface area contributed by atoms with Gasteiger partial charge in [-0.2, -0.15) is 0 Å². The standard InChI is InChI=1S/C19H23NO/c1-2-4-16(5-3-1)14-17-8-10-19(11-9-17)21-13-12-20-15-18-6-7-18/h1-5,8-11,18,20H,6-7,12-15H2. The average Bonchev–Trinajstić information content (AvgIpc) is 3.34. The summed E-state index contributed by atoms with van der Waals surface area (Å²) in [5.74, 6) is 1.89. The first kappa shape index (κ1) is 14.2. The maximum Gasteiger partial charge on any atom is 0.119 e. The van der Waals surface area contributed by atoms with Gasteiger partial charge in [0.05, 0.1) is 0 Å². The van der Waals surface area contributed by atoms with Gasteiger partial charge in [0.2, 0.25) is 0 Å². The monoisotopic (exact) mass is 281 g/mol. The van der Waals surface area contributed by atoms with Crippen molar-refractivity contribution in [2.45, 2.75) is 19.3 Å². The van der Waals surface area contributed by atoms with Crippen LogP contribution in [-0.4, -0.2) is 19.7 Å². The molecular weight excluding hydrogens is 258 g/mol. The smallest absolute Gasteiger partial charge is 0.119 e. The van der Waals surface area contributed by atoms with E-state index in [4.69, 9.17) is 4.74 Å². The van der Waals surface area contributed by atoms with Crippen molar-refractivity contribution >= 4 is 0 Å². The molecule has 1 fully saturated rings. The molecule has 0 atom stereocenters. The van der Waals surface area contributed by atoms with Crippen LogP contribution >= 0.6 is 0 Å². The minimum Gasteiger partial charge on any atom is -0.492 e. The van der Waals surface area contributed by atoms with Gasteiger partial charge in [0.1, 0.15) is 12.4 Å². The molecular formula is C19H23NO. The topological polar surface area (TPSA) is 21.3 Å². The van der Waals surface area contributed by atoms with Gasteiger partial charge in [-0.25, -0.2) is 0 Å². The summed E-state index contributed by atoms with van der Waals surface area (Å²) in [4.78, 5) is 0. The van der Waals surface area contributed by atoms with Crippen LogP contribution in [0.15, 0.2) is 54.6 Å². The normalized spacial score (nSPS) is 14.1. The fourth-order valence-electron chi connectivity index (χ4n) is 2.40. The van der Waals surface area contributed by atoms with Crippen LogP contribution in [0, 0.1) is 5.92 Å². The molecule has 110 valence electrons. The van der Waals surface area contributed by atoms with E-state index in [1.165, 1.54) is 24.0 Å². The highest BCUT2D eigenvalue weighted by Crippen LogP contribution is 2.27. The molecule has 1 saturated carbocycles. The number of hydrogen-bond donors (Lipinski definition) is 1.